The normalized spacial score (nSPS) is 15.5. The molecule has 0 spiro atoms. The molecule has 238 valence electrons. The minimum atomic E-state index is -0.624. The fraction of sp³-hybridized carbons (Fsp3) is 0.594. The van der Waals surface area contributed by atoms with Gasteiger partial charge in [0, 0.05) is 32.2 Å². The van der Waals surface area contributed by atoms with Gasteiger partial charge < -0.3 is 39.6 Å². The predicted octanol–water partition coefficient (Wildman–Crippen LogP) is 4.08. The molecule has 0 aromatic heterocycles. The van der Waals surface area contributed by atoms with E-state index in [0.29, 0.717) is 72.2 Å². The minimum Gasteiger partial charge on any atom is -0.449 e. The molecule has 11 nitrogen and oxygen atoms in total. The number of carbonyl (C=O) groups excluding carboxylic acids is 3. The van der Waals surface area contributed by atoms with Gasteiger partial charge in [0.15, 0.2) is 0 Å². The maximum absolute atomic E-state index is 12.2. The number of fused-ring (bicyclic) bond motifs is 2. The van der Waals surface area contributed by atoms with E-state index in [-0.39, 0.29) is 18.4 Å². The minimum absolute atomic E-state index is 0.129. The van der Waals surface area contributed by atoms with Gasteiger partial charge in [-0.1, -0.05) is 42.0 Å². The molecule has 43 heavy (non-hydrogen) atoms. The molecule has 0 heterocycles. The van der Waals surface area contributed by atoms with Crippen LogP contribution in [0.15, 0.2) is 42.0 Å². The zero-order valence-electron chi connectivity index (χ0n) is 25.7. The van der Waals surface area contributed by atoms with Crippen LogP contribution in [0.2, 0.25) is 0 Å². The van der Waals surface area contributed by atoms with Crippen LogP contribution in [0.1, 0.15) is 63.5 Å². The fourth-order valence-electron chi connectivity index (χ4n) is 4.78. The van der Waals surface area contributed by atoms with E-state index in [1.54, 1.807) is 20.8 Å². The van der Waals surface area contributed by atoms with E-state index in [2.05, 4.69) is 46.3 Å². The Morgan fingerprint density at radius 3 is 2.19 bits per heavy atom. The molecule has 2 aliphatic carbocycles. The van der Waals surface area contributed by atoms with E-state index in [0.717, 1.165) is 12.8 Å². The van der Waals surface area contributed by atoms with Crippen LogP contribution in [-0.4, -0.2) is 89.6 Å². The van der Waals surface area contributed by atoms with Gasteiger partial charge in [0.25, 0.3) is 0 Å². The number of hydrogen-bond acceptors (Lipinski definition) is 8. The van der Waals surface area contributed by atoms with Crippen molar-refractivity contribution in [1.82, 2.24) is 16.0 Å². The summed E-state index contributed by atoms with van der Waals surface area (Å²) in [6, 6.07) is 8.36. The zero-order valence-corrected chi connectivity index (χ0v) is 25.7. The summed E-state index contributed by atoms with van der Waals surface area (Å²) in [6.07, 6.45) is 6.73. The number of nitrogens with one attached hydrogen (secondary N) is 3. The van der Waals surface area contributed by atoms with E-state index >= 15 is 0 Å². The van der Waals surface area contributed by atoms with Crippen molar-refractivity contribution in [3.63, 3.8) is 0 Å². The van der Waals surface area contributed by atoms with E-state index in [9.17, 15) is 14.4 Å². The molecular weight excluding hydrogens is 554 g/mol. The Morgan fingerprint density at radius 2 is 1.49 bits per heavy atom. The van der Waals surface area contributed by atoms with Crippen molar-refractivity contribution in [3.8, 4) is 0 Å². The first-order chi connectivity index (χ1) is 20.7. The van der Waals surface area contributed by atoms with Gasteiger partial charge in [0.2, 0.25) is 5.91 Å². The zero-order chi connectivity index (χ0) is 30.9. The number of carbonyl (C=O) groups is 3. The molecule has 1 unspecified atom stereocenters. The first-order valence-corrected chi connectivity index (χ1v) is 15.1. The van der Waals surface area contributed by atoms with E-state index in [4.69, 9.17) is 23.7 Å². The summed E-state index contributed by atoms with van der Waals surface area (Å²) < 4.78 is 27.2. The highest BCUT2D eigenvalue weighted by Gasteiger charge is 2.31. The lowest BCUT2D eigenvalue weighted by Crippen LogP contribution is -2.40. The summed E-state index contributed by atoms with van der Waals surface area (Å²) in [7, 11) is 0. The summed E-state index contributed by atoms with van der Waals surface area (Å²) in [4.78, 5) is 35.5. The monoisotopic (exact) mass is 601 g/mol. The maximum atomic E-state index is 12.2. The second kappa shape index (κ2) is 18.3. The van der Waals surface area contributed by atoms with Crippen molar-refractivity contribution in [2.45, 2.75) is 58.0 Å². The van der Waals surface area contributed by atoms with Crippen molar-refractivity contribution < 1.29 is 38.1 Å². The number of rotatable bonds is 18. The van der Waals surface area contributed by atoms with Gasteiger partial charge in [-0.05, 0) is 63.2 Å². The second-order valence-corrected chi connectivity index (χ2v) is 11.3. The van der Waals surface area contributed by atoms with Crippen LogP contribution in [0.4, 0.5) is 9.59 Å². The highest BCUT2D eigenvalue weighted by atomic mass is 16.6. The smallest absolute Gasteiger partial charge is 0.408 e. The van der Waals surface area contributed by atoms with Crippen molar-refractivity contribution in [1.29, 1.82) is 0 Å². The van der Waals surface area contributed by atoms with Crippen LogP contribution >= 0.6 is 0 Å². The molecule has 2 aliphatic rings. The molecule has 0 aliphatic heterocycles. The molecule has 1 aromatic rings. The third kappa shape index (κ3) is 12.8. The maximum Gasteiger partial charge on any atom is 0.408 e. The van der Waals surface area contributed by atoms with Crippen molar-refractivity contribution >= 4 is 23.7 Å². The predicted molar refractivity (Wildman–Crippen MR) is 163 cm³/mol. The third-order valence-corrected chi connectivity index (χ3v) is 6.70. The second-order valence-electron chi connectivity index (χ2n) is 11.3. The Balaban J connectivity index is 1.08. The lowest BCUT2D eigenvalue weighted by Gasteiger charge is -2.19. The Kier molecular flexibility index (Phi) is 14.5. The quantitative estimate of drug-likeness (QED) is 0.214. The number of alkyl carbamates (subject to hydrolysis) is 2. The first kappa shape index (κ1) is 34.1. The standard InChI is InChI=1S/C32H47N3O8/c1-32(2,3)43-31(38)35-22-29(36)33-14-8-16-39-18-20-41-21-19-40-17-9-15-34-30(37)42-23-28-26-12-6-4-10-24(26)25-11-5-7-13-27(25)28/h4-6,10-12,28H,7-9,13-23H2,1-3H3,(H,33,36)(H,34,37)(H,35,38). The molecule has 0 bridgehead atoms. The van der Waals surface area contributed by atoms with E-state index in [1.807, 2.05) is 6.07 Å². The molecule has 11 heteroatoms. The molecule has 1 atom stereocenters. The number of amides is 3. The van der Waals surface area contributed by atoms with Crippen LogP contribution in [-0.2, 0) is 28.5 Å². The Morgan fingerprint density at radius 1 is 0.837 bits per heavy atom. The number of allylic oxidation sites excluding steroid dienone is 3. The molecule has 0 saturated heterocycles. The molecular formula is C32H47N3O8. The highest BCUT2D eigenvalue weighted by Crippen LogP contribution is 2.46. The van der Waals surface area contributed by atoms with Crippen LogP contribution in [0.25, 0.3) is 5.57 Å². The topological polar surface area (TPSA) is 133 Å². The average molecular weight is 602 g/mol. The fourth-order valence-corrected chi connectivity index (χ4v) is 4.78. The number of hydrogen-bond donors (Lipinski definition) is 3. The largest absolute Gasteiger partial charge is 0.449 e. The van der Waals surface area contributed by atoms with Crippen LogP contribution in [0.3, 0.4) is 0 Å². The SMILES string of the molecule is CC(C)(C)OC(=O)NCC(=O)NCCCOCCOCCOCCCNC(=O)OCC1C2=C(C=CCC2)c2ccccc21. The molecule has 3 N–H and O–H groups in total. The van der Waals surface area contributed by atoms with Gasteiger partial charge in [-0.15, -0.1) is 0 Å². The Bertz CT molecular complexity index is 1110. The van der Waals surface area contributed by atoms with Crippen molar-refractivity contribution in [2.24, 2.45) is 0 Å². The average Bonchev–Trinajstić information content (AvgIpc) is 3.29. The molecule has 0 fully saturated rings. The summed E-state index contributed by atoms with van der Waals surface area (Å²) in [5.41, 5.74) is 4.54. The van der Waals surface area contributed by atoms with Gasteiger partial charge in [0.1, 0.15) is 12.2 Å². The lowest BCUT2D eigenvalue weighted by molar-refractivity contribution is -0.120. The van der Waals surface area contributed by atoms with Crippen LogP contribution in [0, 0.1) is 0 Å². The molecule has 0 saturated carbocycles. The Labute approximate surface area is 254 Å². The Hall–Kier alpha value is -3.41. The van der Waals surface area contributed by atoms with Crippen molar-refractivity contribution in [2.75, 3.05) is 65.9 Å². The van der Waals surface area contributed by atoms with E-state index < -0.39 is 17.8 Å². The van der Waals surface area contributed by atoms with Gasteiger partial charge in [-0.3, -0.25) is 4.79 Å². The van der Waals surface area contributed by atoms with Gasteiger partial charge in [-0.25, -0.2) is 9.59 Å². The number of benzene rings is 1. The van der Waals surface area contributed by atoms with Gasteiger partial charge in [0.05, 0.1) is 33.0 Å². The summed E-state index contributed by atoms with van der Waals surface area (Å²) in [5.74, 6) is -0.158. The van der Waals surface area contributed by atoms with Crippen LogP contribution in [0.5, 0.6) is 0 Å². The van der Waals surface area contributed by atoms with Gasteiger partial charge >= 0.3 is 12.2 Å². The lowest BCUT2D eigenvalue weighted by atomic mass is 9.91. The van der Waals surface area contributed by atoms with E-state index in [1.165, 1.54) is 22.3 Å². The summed E-state index contributed by atoms with van der Waals surface area (Å²) in [5, 5.41) is 7.92. The summed E-state index contributed by atoms with van der Waals surface area (Å²) >= 11 is 0. The third-order valence-electron chi connectivity index (χ3n) is 6.70. The summed E-state index contributed by atoms with van der Waals surface area (Å²) in [6.45, 7) is 9.21. The molecule has 0 radical (unpaired) electrons. The first-order valence-electron chi connectivity index (χ1n) is 15.1. The van der Waals surface area contributed by atoms with Gasteiger partial charge in [-0.2, -0.15) is 0 Å². The molecule has 3 amide bonds. The molecule has 1 aromatic carbocycles. The number of ether oxygens (including phenoxy) is 5. The van der Waals surface area contributed by atoms with Crippen molar-refractivity contribution in [3.05, 3.63) is 53.1 Å². The van der Waals surface area contributed by atoms with Crippen LogP contribution < -0.4 is 16.0 Å². The highest BCUT2D eigenvalue weighted by molar-refractivity contribution is 5.85. The molecule has 3 rings (SSSR count).